The van der Waals surface area contributed by atoms with Gasteiger partial charge >= 0.3 is 0 Å². The number of nitrogens with one attached hydrogen (secondary N) is 3. The maximum absolute atomic E-state index is 12.8. The zero-order valence-corrected chi connectivity index (χ0v) is 24.2. The average Bonchev–Trinajstić information content (AvgIpc) is 2.97. The fourth-order valence-electron chi connectivity index (χ4n) is 4.39. The van der Waals surface area contributed by atoms with Crippen LogP contribution >= 0.6 is 0 Å². The molecule has 2 saturated heterocycles. The van der Waals surface area contributed by atoms with Crippen LogP contribution in [0.1, 0.15) is 46.0 Å². The number of rotatable bonds is 17. The predicted molar refractivity (Wildman–Crippen MR) is 144 cm³/mol. The standard InChI is InChI=1S/C26H45N3O14/c1-13-18(33)20(35)22(37)25(42-13)40-10-7-27-17(32)12-15(29-16(31)6-4-3-5-9-30)24(39)28-8-11-41-26-23(38)21(36)19(34)14(2)43-26/h9,13-15,18-23,25-26,33-38H,3-8,10-12H2,1-2H3,(H,27,32)(H,28,39)(H,29,31). The van der Waals surface area contributed by atoms with Gasteiger partial charge in [-0.05, 0) is 26.7 Å². The highest BCUT2D eigenvalue weighted by Gasteiger charge is 2.43. The van der Waals surface area contributed by atoms with E-state index < -0.39 is 91.6 Å². The molecule has 9 N–H and O–H groups in total. The van der Waals surface area contributed by atoms with Gasteiger partial charge in [-0.15, -0.1) is 0 Å². The number of hydrogen-bond acceptors (Lipinski definition) is 14. The third-order valence-electron chi connectivity index (χ3n) is 7.02. The van der Waals surface area contributed by atoms with E-state index in [-0.39, 0.29) is 39.1 Å². The molecular weight excluding hydrogens is 578 g/mol. The van der Waals surface area contributed by atoms with Crippen molar-refractivity contribution in [1.82, 2.24) is 16.0 Å². The van der Waals surface area contributed by atoms with Gasteiger partial charge in [0, 0.05) is 25.9 Å². The van der Waals surface area contributed by atoms with Gasteiger partial charge < -0.3 is 70.3 Å². The van der Waals surface area contributed by atoms with Crippen LogP contribution in [0, 0.1) is 0 Å². The van der Waals surface area contributed by atoms with Crippen LogP contribution in [0.5, 0.6) is 0 Å². The smallest absolute Gasteiger partial charge is 0.243 e. The van der Waals surface area contributed by atoms with Gasteiger partial charge in [0.15, 0.2) is 12.6 Å². The molecule has 2 rings (SSSR count). The van der Waals surface area contributed by atoms with Gasteiger partial charge in [-0.1, -0.05) is 0 Å². The molecule has 0 aromatic carbocycles. The summed E-state index contributed by atoms with van der Waals surface area (Å²) in [5, 5.41) is 66.8. The minimum Gasteiger partial charge on any atom is -0.388 e. The van der Waals surface area contributed by atoms with Crippen molar-refractivity contribution in [2.45, 2.75) is 113 Å². The second-order valence-electron chi connectivity index (χ2n) is 10.5. The van der Waals surface area contributed by atoms with Crippen LogP contribution in [0.4, 0.5) is 0 Å². The van der Waals surface area contributed by atoms with Crippen LogP contribution in [-0.2, 0) is 38.1 Å². The number of ether oxygens (including phenoxy) is 4. The van der Waals surface area contributed by atoms with E-state index in [2.05, 4.69) is 16.0 Å². The highest BCUT2D eigenvalue weighted by atomic mass is 16.7. The molecule has 11 unspecified atom stereocenters. The third kappa shape index (κ3) is 11.6. The minimum atomic E-state index is -1.52. The molecule has 0 spiro atoms. The van der Waals surface area contributed by atoms with Gasteiger partial charge in [0.25, 0.3) is 0 Å². The van der Waals surface area contributed by atoms with Crippen LogP contribution in [0.2, 0.25) is 0 Å². The Labute approximate surface area is 248 Å². The van der Waals surface area contributed by atoms with Crippen molar-refractivity contribution in [3.63, 3.8) is 0 Å². The maximum Gasteiger partial charge on any atom is 0.243 e. The molecule has 2 aliphatic heterocycles. The fraction of sp³-hybridized carbons (Fsp3) is 0.846. The Morgan fingerprint density at radius 1 is 0.744 bits per heavy atom. The number of aldehydes is 1. The van der Waals surface area contributed by atoms with Gasteiger partial charge in [-0.25, -0.2) is 0 Å². The van der Waals surface area contributed by atoms with Crippen molar-refractivity contribution in [3.8, 4) is 0 Å². The molecule has 0 radical (unpaired) electrons. The summed E-state index contributed by atoms with van der Waals surface area (Å²) in [6.07, 6.45) is -11.2. The Morgan fingerprint density at radius 3 is 1.77 bits per heavy atom. The lowest BCUT2D eigenvalue weighted by molar-refractivity contribution is -0.292. The number of hydrogen-bond donors (Lipinski definition) is 9. The zero-order chi connectivity index (χ0) is 32.1. The molecule has 0 aromatic rings. The molecule has 17 heteroatoms. The molecule has 0 aliphatic carbocycles. The van der Waals surface area contributed by atoms with E-state index in [0.717, 1.165) is 6.29 Å². The molecule has 17 nitrogen and oxygen atoms in total. The van der Waals surface area contributed by atoms with Gasteiger partial charge in [0.05, 0.1) is 31.8 Å². The third-order valence-corrected chi connectivity index (χ3v) is 7.02. The summed E-state index contributed by atoms with van der Waals surface area (Å²) in [4.78, 5) is 48.3. The Bertz CT molecular complexity index is 897. The molecule has 0 bridgehead atoms. The fourth-order valence-corrected chi connectivity index (χ4v) is 4.39. The van der Waals surface area contributed by atoms with E-state index in [4.69, 9.17) is 18.9 Å². The number of unbranched alkanes of at least 4 members (excludes halogenated alkanes) is 2. The number of aliphatic hydroxyl groups excluding tert-OH is 6. The SMILES string of the molecule is CC1OC(OCCNC(=O)CC(NC(=O)CCCCC=O)C(=O)NCCOC2OC(C)C(O)C(O)C2O)C(O)C(O)C1O. The minimum absolute atomic E-state index is 0.0299. The molecular formula is C26H45N3O14. The first kappa shape index (κ1) is 36.9. The summed E-state index contributed by atoms with van der Waals surface area (Å²) in [6, 6.07) is -1.27. The van der Waals surface area contributed by atoms with E-state index in [1.807, 2.05) is 0 Å². The van der Waals surface area contributed by atoms with Crippen LogP contribution < -0.4 is 16.0 Å². The van der Waals surface area contributed by atoms with Crippen molar-refractivity contribution < 1.29 is 68.8 Å². The molecule has 248 valence electrons. The predicted octanol–water partition coefficient (Wildman–Crippen LogP) is -4.46. The summed E-state index contributed by atoms with van der Waals surface area (Å²) in [6.45, 7) is 2.50. The van der Waals surface area contributed by atoms with Crippen LogP contribution in [0.3, 0.4) is 0 Å². The molecule has 11 atom stereocenters. The van der Waals surface area contributed by atoms with E-state index >= 15 is 0 Å². The van der Waals surface area contributed by atoms with E-state index in [9.17, 15) is 49.8 Å². The van der Waals surface area contributed by atoms with Crippen molar-refractivity contribution in [2.24, 2.45) is 0 Å². The molecule has 0 aromatic heterocycles. The lowest BCUT2D eigenvalue weighted by Crippen LogP contribution is -2.57. The number of amides is 3. The second-order valence-corrected chi connectivity index (χ2v) is 10.5. The largest absolute Gasteiger partial charge is 0.388 e. The van der Waals surface area contributed by atoms with Crippen molar-refractivity contribution in [2.75, 3.05) is 26.3 Å². The number of aliphatic hydroxyl groups is 6. The molecule has 3 amide bonds. The second kappa shape index (κ2) is 18.5. The summed E-state index contributed by atoms with van der Waals surface area (Å²) in [7, 11) is 0. The van der Waals surface area contributed by atoms with Crippen molar-refractivity contribution >= 4 is 24.0 Å². The summed E-state index contributed by atoms with van der Waals surface area (Å²) >= 11 is 0. The van der Waals surface area contributed by atoms with Crippen LogP contribution in [0.15, 0.2) is 0 Å². The van der Waals surface area contributed by atoms with E-state index in [0.29, 0.717) is 12.8 Å². The molecule has 43 heavy (non-hydrogen) atoms. The Kier molecular flexibility index (Phi) is 15.8. The molecule has 2 heterocycles. The highest BCUT2D eigenvalue weighted by molar-refractivity contribution is 5.92. The van der Waals surface area contributed by atoms with Crippen LogP contribution in [0.25, 0.3) is 0 Å². The maximum atomic E-state index is 12.8. The topological polar surface area (TPSA) is 263 Å². The monoisotopic (exact) mass is 623 g/mol. The van der Waals surface area contributed by atoms with Crippen molar-refractivity contribution in [3.05, 3.63) is 0 Å². The van der Waals surface area contributed by atoms with Crippen molar-refractivity contribution in [1.29, 1.82) is 0 Å². The average molecular weight is 624 g/mol. The van der Waals surface area contributed by atoms with Gasteiger partial charge in [0.2, 0.25) is 17.7 Å². The van der Waals surface area contributed by atoms with Gasteiger partial charge in [-0.3, -0.25) is 14.4 Å². The first-order valence-corrected chi connectivity index (χ1v) is 14.3. The van der Waals surface area contributed by atoms with E-state index in [1.165, 1.54) is 13.8 Å². The molecule has 2 fully saturated rings. The van der Waals surface area contributed by atoms with Gasteiger partial charge in [-0.2, -0.15) is 0 Å². The Hall–Kier alpha value is -2.32. The summed E-state index contributed by atoms with van der Waals surface area (Å²) in [5.74, 6) is -1.82. The van der Waals surface area contributed by atoms with Crippen LogP contribution in [-0.4, -0.2) is 148 Å². The van der Waals surface area contributed by atoms with E-state index in [1.54, 1.807) is 0 Å². The normalized spacial score (nSPS) is 33.3. The lowest BCUT2D eigenvalue weighted by Gasteiger charge is -2.38. The molecule has 0 saturated carbocycles. The Morgan fingerprint density at radius 2 is 1.26 bits per heavy atom. The molecule has 2 aliphatic rings. The first-order valence-electron chi connectivity index (χ1n) is 14.3. The lowest BCUT2D eigenvalue weighted by atomic mass is 10.0. The Balaban J connectivity index is 1.83. The summed E-state index contributed by atoms with van der Waals surface area (Å²) < 4.78 is 21.4. The number of carbonyl (C=O) groups is 4. The zero-order valence-electron chi connectivity index (χ0n) is 24.2. The highest BCUT2D eigenvalue weighted by Crippen LogP contribution is 2.22. The quantitative estimate of drug-likeness (QED) is 0.0547. The van der Waals surface area contributed by atoms with Gasteiger partial charge in [0.1, 0.15) is 49.0 Å². The summed E-state index contributed by atoms with van der Waals surface area (Å²) in [5.41, 5.74) is 0. The number of carbonyl (C=O) groups excluding carboxylic acids is 4. The first-order chi connectivity index (χ1) is 20.4.